The lowest BCUT2D eigenvalue weighted by atomic mass is 10.1. The third kappa shape index (κ3) is 3.00. The number of halogens is 1. The van der Waals surface area contributed by atoms with Gasteiger partial charge in [-0.3, -0.25) is 10.1 Å². The molecular weight excluding hydrogens is 330 g/mol. The Kier molecular flexibility index (Phi) is 4.41. The maximum Gasteiger partial charge on any atom is 0.433 e. The first-order valence-corrected chi connectivity index (χ1v) is 6.66. The van der Waals surface area contributed by atoms with Crippen LogP contribution in [0.2, 0.25) is 0 Å². The molecule has 0 aliphatic rings. The highest BCUT2D eigenvalue weighted by atomic mass is 79.9. The minimum atomic E-state index is -1.07. The molecule has 1 heterocycles. The second kappa shape index (κ2) is 6.06. The summed E-state index contributed by atoms with van der Waals surface area (Å²) in [5, 5.41) is 20.7. The largest absolute Gasteiger partial charge is 0.493 e. The Labute approximate surface area is 123 Å². The van der Waals surface area contributed by atoms with E-state index in [9.17, 15) is 15.2 Å². The van der Waals surface area contributed by atoms with Crippen molar-refractivity contribution in [1.82, 2.24) is 0 Å². The maximum absolute atomic E-state index is 10.6. The molecule has 1 unspecified atom stereocenters. The zero-order chi connectivity index (χ0) is 14.7. The molecular formula is C13H12BrNO5. The highest BCUT2D eigenvalue weighted by molar-refractivity contribution is 9.10. The van der Waals surface area contributed by atoms with Gasteiger partial charge in [0.2, 0.25) is 0 Å². The Morgan fingerprint density at radius 3 is 2.75 bits per heavy atom. The number of aliphatic hydroxyl groups is 1. The average molecular weight is 342 g/mol. The first-order chi connectivity index (χ1) is 9.52. The number of nitrogens with zero attached hydrogens (tertiary/aromatic N) is 1. The summed E-state index contributed by atoms with van der Waals surface area (Å²) in [5.41, 5.74) is 0.546. The standard InChI is InChI=1S/C13H12BrNO5/c1-2-19-10-4-3-8(7-9(10)14)13(16)11-5-6-12(20-11)15(17)18/h3-7,13,16H,2H2,1H3. The molecule has 0 aliphatic heterocycles. The van der Waals surface area contributed by atoms with Crippen LogP contribution in [0, 0.1) is 10.1 Å². The fourth-order valence-corrected chi connectivity index (χ4v) is 2.22. The van der Waals surface area contributed by atoms with Gasteiger partial charge in [0.05, 0.1) is 17.1 Å². The highest BCUT2D eigenvalue weighted by Gasteiger charge is 2.20. The molecule has 7 heteroatoms. The van der Waals surface area contributed by atoms with Crippen LogP contribution in [0.15, 0.2) is 39.2 Å². The summed E-state index contributed by atoms with van der Waals surface area (Å²) in [7, 11) is 0. The van der Waals surface area contributed by atoms with Crippen molar-refractivity contribution >= 4 is 21.8 Å². The number of ether oxygens (including phenoxy) is 1. The van der Waals surface area contributed by atoms with Crippen molar-refractivity contribution in [3.05, 3.63) is 56.2 Å². The van der Waals surface area contributed by atoms with E-state index < -0.39 is 16.9 Å². The molecule has 1 atom stereocenters. The van der Waals surface area contributed by atoms with E-state index in [1.807, 2.05) is 6.92 Å². The second-order valence-corrected chi connectivity index (χ2v) is 4.81. The SMILES string of the molecule is CCOc1ccc(C(O)c2ccc([N+](=O)[O-])o2)cc1Br. The average Bonchev–Trinajstić information content (AvgIpc) is 2.90. The van der Waals surface area contributed by atoms with Crippen molar-refractivity contribution < 1.29 is 19.2 Å². The van der Waals surface area contributed by atoms with Gasteiger partial charge in [-0.15, -0.1) is 0 Å². The van der Waals surface area contributed by atoms with Gasteiger partial charge in [-0.1, -0.05) is 6.07 Å². The monoisotopic (exact) mass is 341 g/mol. The second-order valence-electron chi connectivity index (χ2n) is 3.96. The van der Waals surface area contributed by atoms with Crippen LogP contribution in [0.5, 0.6) is 5.75 Å². The smallest absolute Gasteiger partial charge is 0.433 e. The molecule has 0 fully saturated rings. The van der Waals surface area contributed by atoms with Gasteiger partial charge in [-0.05, 0) is 46.6 Å². The quantitative estimate of drug-likeness (QED) is 0.665. The zero-order valence-electron chi connectivity index (χ0n) is 10.6. The van der Waals surface area contributed by atoms with Gasteiger partial charge < -0.3 is 14.3 Å². The van der Waals surface area contributed by atoms with E-state index in [4.69, 9.17) is 9.15 Å². The molecule has 2 rings (SSSR count). The molecule has 20 heavy (non-hydrogen) atoms. The lowest BCUT2D eigenvalue weighted by Gasteiger charge is -2.11. The lowest BCUT2D eigenvalue weighted by Crippen LogP contribution is -1.99. The molecule has 106 valence electrons. The van der Waals surface area contributed by atoms with Gasteiger partial charge in [0, 0.05) is 0 Å². The van der Waals surface area contributed by atoms with E-state index in [0.717, 1.165) is 0 Å². The predicted octanol–water partition coefficient (Wildman–Crippen LogP) is 3.43. The number of hydrogen-bond acceptors (Lipinski definition) is 5. The summed E-state index contributed by atoms with van der Waals surface area (Å²) in [5.74, 6) is 0.380. The molecule has 0 saturated heterocycles. The minimum absolute atomic E-state index is 0.118. The topological polar surface area (TPSA) is 85.7 Å². The predicted molar refractivity (Wildman–Crippen MR) is 74.7 cm³/mol. The van der Waals surface area contributed by atoms with Gasteiger partial charge in [0.15, 0.2) is 0 Å². The molecule has 1 aromatic heterocycles. The lowest BCUT2D eigenvalue weighted by molar-refractivity contribution is -0.402. The fourth-order valence-electron chi connectivity index (χ4n) is 1.71. The van der Waals surface area contributed by atoms with Crippen LogP contribution in [0.25, 0.3) is 0 Å². The molecule has 2 aromatic rings. The Morgan fingerprint density at radius 2 is 2.20 bits per heavy atom. The minimum Gasteiger partial charge on any atom is -0.493 e. The molecule has 0 amide bonds. The van der Waals surface area contributed by atoms with Crippen LogP contribution in [0.4, 0.5) is 5.88 Å². The van der Waals surface area contributed by atoms with E-state index in [2.05, 4.69) is 15.9 Å². The summed E-state index contributed by atoms with van der Waals surface area (Å²) in [6, 6.07) is 7.66. The highest BCUT2D eigenvalue weighted by Crippen LogP contribution is 2.32. The summed E-state index contributed by atoms with van der Waals surface area (Å²) in [6.45, 7) is 2.40. The molecule has 0 bridgehead atoms. The van der Waals surface area contributed by atoms with Crippen LogP contribution in [-0.2, 0) is 0 Å². The number of aliphatic hydroxyl groups excluding tert-OH is 1. The van der Waals surface area contributed by atoms with Gasteiger partial charge in [0.25, 0.3) is 0 Å². The number of nitro groups is 1. The maximum atomic E-state index is 10.6. The third-order valence-corrected chi connectivity index (χ3v) is 3.25. The Bertz CT molecular complexity index is 625. The van der Waals surface area contributed by atoms with Crippen molar-refractivity contribution in [3.63, 3.8) is 0 Å². The van der Waals surface area contributed by atoms with E-state index in [1.165, 1.54) is 12.1 Å². The summed E-state index contributed by atoms with van der Waals surface area (Å²) in [4.78, 5) is 9.90. The fraction of sp³-hybridized carbons (Fsp3) is 0.231. The number of rotatable bonds is 5. The molecule has 1 aromatic carbocycles. The summed E-state index contributed by atoms with van der Waals surface area (Å²) in [6.07, 6.45) is -1.07. The van der Waals surface area contributed by atoms with Crippen molar-refractivity contribution in [2.75, 3.05) is 6.61 Å². The van der Waals surface area contributed by atoms with Gasteiger partial charge in [0.1, 0.15) is 22.5 Å². The first kappa shape index (κ1) is 14.5. The number of furan rings is 1. The Hall–Kier alpha value is -1.86. The van der Waals surface area contributed by atoms with E-state index in [-0.39, 0.29) is 5.76 Å². The van der Waals surface area contributed by atoms with Crippen molar-refractivity contribution in [1.29, 1.82) is 0 Å². The molecule has 1 N–H and O–H groups in total. The van der Waals surface area contributed by atoms with Gasteiger partial charge in [-0.2, -0.15) is 0 Å². The van der Waals surface area contributed by atoms with Crippen molar-refractivity contribution in [2.24, 2.45) is 0 Å². The Morgan fingerprint density at radius 1 is 1.45 bits per heavy atom. The summed E-state index contributed by atoms with van der Waals surface area (Å²) < 4.78 is 11.0. The summed E-state index contributed by atoms with van der Waals surface area (Å²) >= 11 is 3.34. The zero-order valence-corrected chi connectivity index (χ0v) is 12.2. The van der Waals surface area contributed by atoms with Gasteiger partial charge >= 0.3 is 5.88 Å². The van der Waals surface area contributed by atoms with Crippen molar-refractivity contribution in [2.45, 2.75) is 13.0 Å². The van der Waals surface area contributed by atoms with Crippen molar-refractivity contribution in [3.8, 4) is 5.75 Å². The number of benzene rings is 1. The van der Waals surface area contributed by atoms with Crippen LogP contribution in [0.3, 0.4) is 0 Å². The van der Waals surface area contributed by atoms with Crippen LogP contribution in [-0.4, -0.2) is 16.6 Å². The molecule has 0 radical (unpaired) electrons. The molecule has 0 saturated carbocycles. The van der Waals surface area contributed by atoms with Crippen LogP contribution in [0.1, 0.15) is 24.4 Å². The van der Waals surface area contributed by atoms with E-state index in [0.29, 0.717) is 22.4 Å². The molecule has 6 nitrogen and oxygen atoms in total. The van der Waals surface area contributed by atoms with Crippen LogP contribution >= 0.6 is 15.9 Å². The van der Waals surface area contributed by atoms with E-state index in [1.54, 1.807) is 18.2 Å². The third-order valence-electron chi connectivity index (χ3n) is 2.63. The first-order valence-electron chi connectivity index (χ1n) is 5.87. The van der Waals surface area contributed by atoms with E-state index >= 15 is 0 Å². The normalized spacial score (nSPS) is 12.2. The number of hydrogen-bond donors (Lipinski definition) is 1. The van der Waals surface area contributed by atoms with Gasteiger partial charge in [-0.25, -0.2) is 0 Å². The Balaban J connectivity index is 2.25. The molecule has 0 aliphatic carbocycles. The van der Waals surface area contributed by atoms with Crippen LogP contribution < -0.4 is 4.74 Å². The molecule has 0 spiro atoms.